The molecular formula is C5H10ClNO3S. The molecule has 1 amide bonds. The van der Waals surface area contributed by atoms with Crippen LogP contribution in [0.5, 0.6) is 0 Å². The van der Waals surface area contributed by atoms with Crippen LogP contribution in [0, 0.1) is 0 Å². The summed E-state index contributed by atoms with van der Waals surface area (Å²) in [5, 5.41) is -0.645. The van der Waals surface area contributed by atoms with Crippen molar-refractivity contribution in [2.45, 2.75) is 0 Å². The van der Waals surface area contributed by atoms with Gasteiger partial charge >= 0.3 is 5.37 Å². The molecule has 0 heterocycles. The number of nitrogens with zero attached hydrogens (tertiary/aromatic N) is 1. The molecule has 0 saturated heterocycles. The van der Waals surface area contributed by atoms with Crippen LogP contribution in [0.4, 0.5) is 4.79 Å². The van der Waals surface area contributed by atoms with Gasteiger partial charge in [0.2, 0.25) is 0 Å². The predicted octanol–water partition coefficient (Wildman–Crippen LogP) is 0.322. The lowest BCUT2D eigenvalue weighted by molar-refractivity contribution is 0.234. The van der Waals surface area contributed by atoms with Crippen LogP contribution in [0.3, 0.4) is 0 Å². The first-order chi connectivity index (χ1) is 4.83. The molecule has 11 heavy (non-hydrogen) atoms. The van der Waals surface area contributed by atoms with E-state index in [2.05, 4.69) is 0 Å². The van der Waals surface area contributed by atoms with Crippen LogP contribution in [-0.4, -0.2) is 44.3 Å². The summed E-state index contributed by atoms with van der Waals surface area (Å²) in [7, 11) is -1.56. The van der Waals surface area contributed by atoms with E-state index in [1.54, 1.807) is 0 Å². The maximum Gasteiger partial charge on any atom is 0.316 e. The Morgan fingerprint density at radius 2 is 2.00 bits per heavy atom. The van der Waals surface area contributed by atoms with Gasteiger partial charge in [-0.2, -0.15) is 0 Å². The van der Waals surface area contributed by atoms with Gasteiger partial charge in [-0.3, -0.25) is 4.79 Å². The Balaban J connectivity index is 3.82. The van der Waals surface area contributed by atoms with Crippen LogP contribution in [0.2, 0.25) is 0 Å². The van der Waals surface area contributed by atoms with E-state index in [-0.39, 0.29) is 12.3 Å². The van der Waals surface area contributed by atoms with Crippen LogP contribution in [0.1, 0.15) is 0 Å². The fraction of sp³-hybridized carbons (Fsp3) is 0.800. The Morgan fingerprint density at radius 3 is 2.27 bits per heavy atom. The molecule has 0 rings (SSSR count). The normalized spacial score (nSPS) is 11.2. The third-order valence-electron chi connectivity index (χ3n) is 1.10. The first kappa shape index (κ1) is 10.7. The third-order valence-corrected chi connectivity index (χ3v) is 2.31. The maximum absolute atomic E-state index is 10.6. The number of carbonyl (C=O) groups is 1. The maximum atomic E-state index is 10.6. The molecule has 0 saturated carbocycles. The first-order valence-corrected chi connectivity index (χ1v) is 5.35. The molecule has 0 aliphatic heterocycles. The number of hydrogen-bond acceptors (Lipinski definition) is 3. The molecule has 0 radical (unpaired) electrons. The molecule has 0 aromatic rings. The largest absolute Gasteiger partial charge is 0.331 e. The smallest absolute Gasteiger partial charge is 0.316 e. The van der Waals surface area contributed by atoms with Crippen molar-refractivity contribution in [3.05, 3.63) is 0 Å². The second kappa shape index (κ2) is 3.92. The lowest BCUT2D eigenvalue weighted by Crippen LogP contribution is -2.27. The van der Waals surface area contributed by atoms with E-state index in [4.69, 9.17) is 11.6 Å². The molecule has 0 aliphatic carbocycles. The average Bonchev–Trinajstić information content (AvgIpc) is 1.80. The second-order valence-corrected chi connectivity index (χ2v) is 4.89. The molecular weight excluding hydrogens is 190 g/mol. The molecule has 0 bridgehead atoms. The van der Waals surface area contributed by atoms with Gasteiger partial charge < -0.3 is 4.90 Å². The van der Waals surface area contributed by atoms with Gasteiger partial charge in [-0.05, 0) is 11.6 Å². The van der Waals surface area contributed by atoms with Gasteiger partial charge in [0.25, 0.3) is 0 Å². The van der Waals surface area contributed by atoms with Gasteiger partial charge in [0.1, 0.15) is 9.84 Å². The Labute approximate surface area is 71.0 Å². The Kier molecular flexibility index (Phi) is 3.82. The zero-order chi connectivity index (χ0) is 9.07. The molecule has 66 valence electrons. The van der Waals surface area contributed by atoms with Crippen molar-refractivity contribution in [1.82, 2.24) is 4.90 Å². The van der Waals surface area contributed by atoms with Gasteiger partial charge in [0, 0.05) is 19.8 Å². The summed E-state index contributed by atoms with van der Waals surface area (Å²) < 4.78 is 21.2. The Hall–Kier alpha value is -0.290. The van der Waals surface area contributed by atoms with E-state index in [0.717, 1.165) is 11.2 Å². The number of carbonyl (C=O) groups excluding carboxylic acids is 1. The van der Waals surface area contributed by atoms with Gasteiger partial charge in [0.05, 0.1) is 5.75 Å². The number of amides is 1. The van der Waals surface area contributed by atoms with Gasteiger partial charge in [-0.1, -0.05) is 0 Å². The molecule has 0 N–H and O–H groups in total. The standard InChI is InChI=1S/C5H10ClNO3S/c1-7(5(6)8)3-4-11(2,9)10/h3-4H2,1-2H3. The highest BCUT2D eigenvalue weighted by Gasteiger charge is 2.08. The van der Waals surface area contributed by atoms with Crippen molar-refractivity contribution in [2.24, 2.45) is 0 Å². The van der Waals surface area contributed by atoms with Crippen LogP contribution in [0.25, 0.3) is 0 Å². The highest BCUT2D eigenvalue weighted by atomic mass is 35.5. The molecule has 0 aliphatic rings. The highest BCUT2D eigenvalue weighted by Crippen LogP contribution is 1.93. The summed E-state index contributed by atoms with van der Waals surface area (Å²) in [6, 6.07) is 0. The van der Waals surface area contributed by atoms with E-state index in [1.165, 1.54) is 7.05 Å². The minimum absolute atomic E-state index is 0.0536. The number of sulfone groups is 1. The van der Waals surface area contributed by atoms with Crippen molar-refractivity contribution in [3.63, 3.8) is 0 Å². The summed E-state index contributed by atoms with van der Waals surface area (Å²) in [6.45, 7) is 0.140. The Bertz CT molecular complexity index is 236. The summed E-state index contributed by atoms with van der Waals surface area (Å²) >= 11 is 5.05. The van der Waals surface area contributed by atoms with E-state index in [9.17, 15) is 13.2 Å². The zero-order valence-corrected chi connectivity index (χ0v) is 7.94. The minimum atomic E-state index is -3.01. The zero-order valence-electron chi connectivity index (χ0n) is 6.37. The van der Waals surface area contributed by atoms with Crippen molar-refractivity contribution in [2.75, 3.05) is 25.6 Å². The predicted molar refractivity (Wildman–Crippen MR) is 43.6 cm³/mol. The van der Waals surface area contributed by atoms with E-state index >= 15 is 0 Å². The van der Waals surface area contributed by atoms with Gasteiger partial charge in [-0.15, -0.1) is 0 Å². The number of rotatable bonds is 3. The molecule has 6 heteroatoms. The highest BCUT2D eigenvalue weighted by molar-refractivity contribution is 7.90. The van der Waals surface area contributed by atoms with Crippen molar-refractivity contribution in [1.29, 1.82) is 0 Å². The monoisotopic (exact) mass is 199 g/mol. The summed E-state index contributed by atoms with van der Waals surface area (Å²) in [5.74, 6) is -0.0536. The topological polar surface area (TPSA) is 54.5 Å². The molecule has 0 aromatic heterocycles. The van der Waals surface area contributed by atoms with Crippen LogP contribution >= 0.6 is 11.6 Å². The lowest BCUT2D eigenvalue weighted by atomic mass is 10.7. The fourth-order valence-corrected chi connectivity index (χ4v) is 1.08. The number of hydrogen-bond donors (Lipinski definition) is 0. The average molecular weight is 200 g/mol. The van der Waals surface area contributed by atoms with Gasteiger partial charge in [0.15, 0.2) is 0 Å². The molecule has 0 spiro atoms. The summed E-state index contributed by atoms with van der Waals surface area (Å²) in [5.41, 5.74) is 0. The third kappa shape index (κ3) is 6.12. The van der Waals surface area contributed by atoms with Crippen LogP contribution in [-0.2, 0) is 9.84 Å². The first-order valence-electron chi connectivity index (χ1n) is 2.91. The molecule has 0 unspecified atom stereocenters. The lowest BCUT2D eigenvalue weighted by Gasteiger charge is -2.11. The number of halogens is 1. The summed E-state index contributed by atoms with van der Waals surface area (Å²) in [4.78, 5) is 11.5. The fourth-order valence-electron chi connectivity index (χ4n) is 0.391. The molecule has 0 atom stereocenters. The molecule has 4 nitrogen and oxygen atoms in total. The van der Waals surface area contributed by atoms with E-state index < -0.39 is 15.2 Å². The van der Waals surface area contributed by atoms with Crippen molar-refractivity contribution in [3.8, 4) is 0 Å². The molecule has 0 aromatic carbocycles. The van der Waals surface area contributed by atoms with Crippen LogP contribution in [0.15, 0.2) is 0 Å². The second-order valence-electron chi connectivity index (χ2n) is 2.30. The SMILES string of the molecule is CN(CCS(C)(=O)=O)C(=O)Cl. The quantitative estimate of drug-likeness (QED) is 0.486. The van der Waals surface area contributed by atoms with Crippen molar-refractivity contribution < 1.29 is 13.2 Å². The summed E-state index contributed by atoms with van der Waals surface area (Å²) in [6.07, 6.45) is 1.11. The van der Waals surface area contributed by atoms with E-state index in [0.29, 0.717) is 0 Å². The van der Waals surface area contributed by atoms with Crippen molar-refractivity contribution >= 4 is 26.8 Å². The van der Waals surface area contributed by atoms with Crippen LogP contribution < -0.4 is 0 Å². The van der Waals surface area contributed by atoms with E-state index in [1.807, 2.05) is 0 Å². The van der Waals surface area contributed by atoms with Gasteiger partial charge in [-0.25, -0.2) is 8.42 Å². The molecule has 0 fully saturated rings. The Morgan fingerprint density at radius 1 is 1.55 bits per heavy atom. The minimum Gasteiger partial charge on any atom is -0.331 e.